The zero-order chi connectivity index (χ0) is 13.1. The molecule has 92 valence electrons. The minimum Gasteiger partial charge on any atom is -0.478 e. The Labute approximate surface area is 115 Å². The number of aromatic carboxylic acids is 1. The lowest BCUT2D eigenvalue weighted by molar-refractivity contribution is 0.0697. The highest BCUT2D eigenvalue weighted by Gasteiger charge is 2.14. The first-order valence-electron chi connectivity index (χ1n) is 5.29. The number of thioether (sulfide) groups is 1. The summed E-state index contributed by atoms with van der Waals surface area (Å²) in [5.41, 5.74) is 1.81. The lowest BCUT2D eigenvalue weighted by atomic mass is 10.00. The third-order valence-electron chi connectivity index (χ3n) is 2.61. The fraction of sp³-hybridized carbons (Fsp3) is 0.0714. The number of hydrogen-bond donors (Lipinski definition) is 1. The smallest absolute Gasteiger partial charge is 0.336 e. The summed E-state index contributed by atoms with van der Waals surface area (Å²) in [6.45, 7) is 0. The van der Waals surface area contributed by atoms with Gasteiger partial charge in [0, 0.05) is 9.92 Å². The third-order valence-corrected chi connectivity index (χ3v) is 3.64. The zero-order valence-electron chi connectivity index (χ0n) is 9.68. The minimum absolute atomic E-state index is 0.265. The monoisotopic (exact) mass is 278 g/mol. The molecule has 2 aromatic carbocycles. The molecule has 1 N–H and O–H groups in total. The van der Waals surface area contributed by atoms with Crippen molar-refractivity contribution in [1.29, 1.82) is 0 Å². The molecular formula is C14H11ClO2S. The van der Waals surface area contributed by atoms with Gasteiger partial charge < -0.3 is 5.11 Å². The normalized spacial score (nSPS) is 10.3. The largest absolute Gasteiger partial charge is 0.478 e. The van der Waals surface area contributed by atoms with E-state index >= 15 is 0 Å². The molecule has 0 amide bonds. The molecule has 2 aromatic rings. The van der Waals surface area contributed by atoms with Crippen molar-refractivity contribution in [2.45, 2.75) is 4.90 Å². The van der Waals surface area contributed by atoms with Gasteiger partial charge >= 0.3 is 5.97 Å². The molecule has 0 spiro atoms. The van der Waals surface area contributed by atoms with Crippen LogP contribution < -0.4 is 0 Å². The van der Waals surface area contributed by atoms with Gasteiger partial charge in [0.1, 0.15) is 0 Å². The summed E-state index contributed by atoms with van der Waals surface area (Å²) in [4.78, 5) is 12.3. The molecule has 0 saturated heterocycles. The Balaban J connectivity index is 2.69. The van der Waals surface area contributed by atoms with Crippen LogP contribution >= 0.6 is 23.4 Å². The number of benzene rings is 2. The van der Waals surface area contributed by atoms with Crippen molar-refractivity contribution in [3.05, 3.63) is 53.1 Å². The van der Waals surface area contributed by atoms with E-state index in [4.69, 9.17) is 11.6 Å². The number of carbonyl (C=O) groups is 1. The second-order valence-corrected chi connectivity index (χ2v) is 4.98. The molecule has 0 aliphatic rings. The summed E-state index contributed by atoms with van der Waals surface area (Å²) < 4.78 is 0. The number of hydrogen-bond acceptors (Lipinski definition) is 2. The standard InChI is InChI=1S/C14H11ClO2S/c1-18-13-5-3-2-4-10(13)12-8-9(15)6-7-11(12)14(16)17/h2-8H,1H3,(H,16,17). The van der Waals surface area contributed by atoms with E-state index in [0.717, 1.165) is 10.5 Å². The maximum atomic E-state index is 11.3. The quantitative estimate of drug-likeness (QED) is 0.844. The molecule has 0 aliphatic heterocycles. The van der Waals surface area contributed by atoms with Gasteiger partial charge in [0.15, 0.2) is 0 Å². The van der Waals surface area contributed by atoms with Crippen molar-refractivity contribution in [2.75, 3.05) is 6.26 Å². The molecule has 0 heterocycles. The first-order valence-corrected chi connectivity index (χ1v) is 6.90. The first-order chi connectivity index (χ1) is 8.63. The highest BCUT2D eigenvalue weighted by Crippen LogP contribution is 2.33. The Morgan fingerprint density at radius 3 is 2.56 bits per heavy atom. The SMILES string of the molecule is CSc1ccccc1-c1cc(Cl)ccc1C(=O)O. The molecular weight excluding hydrogens is 268 g/mol. The average Bonchev–Trinajstić information content (AvgIpc) is 2.38. The summed E-state index contributed by atoms with van der Waals surface area (Å²) in [6.07, 6.45) is 1.96. The van der Waals surface area contributed by atoms with Crippen LogP contribution in [-0.4, -0.2) is 17.3 Å². The Hall–Kier alpha value is -1.45. The molecule has 0 saturated carbocycles. The first kappa shape index (κ1) is 13.0. The molecule has 0 fully saturated rings. The average molecular weight is 279 g/mol. The van der Waals surface area contributed by atoms with Crippen molar-refractivity contribution in [3.8, 4) is 11.1 Å². The van der Waals surface area contributed by atoms with Gasteiger partial charge in [0.2, 0.25) is 0 Å². The van der Waals surface area contributed by atoms with Crippen molar-refractivity contribution < 1.29 is 9.90 Å². The highest BCUT2D eigenvalue weighted by atomic mass is 35.5. The third kappa shape index (κ3) is 2.52. The summed E-state index contributed by atoms with van der Waals surface area (Å²) in [6, 6.07) is 12.5. The fourth-order valence-corrected chi connectivity index (χ4v) is 2.58. The van der Waals surface area contributed by atoms with Crippen LogP contribution in [-0.2, 0) is 0 Å². The number of carboxylic acid groups (broad SMARTS) is 1. The van der Waals surface area contributed by atoms with Crippen molar-refractivity contribution in [2.24, 2.45) is 0 Å². The van der Waals surface area contributed by atoms with Gasteiger partial charge in [-0.15, -0.1) is 11.8 Å². The number of rotatable bonds is 3. The van der Waals surface area contributed by atoms with E-state index in [1.807, 2.05) is 30.5 Å². The van der Waals surface area contributed by atoms with E-state index in [9.17, 15) is 9.90 Å². The molecule has 0 radical (unpaired) electrons. The Kier molecular flexibility index (Phi) is 3.94. The van der Waals surface area contributed by atoms with Gasteiger partial charge in [-0.3, -0.25) is 0 Å². The summed E-state index contributed by atoms with van der Waals surface area (Å²) >= 11 is 7.55. The van der Waals surface area contributed by atoms with Crippen LogP contribution in [0.1, 0.15) is 10.4 Å². The summed E-state index contributed by atoms with van der Waals surface area (Å²) in [5, 5.41) is 9.76. The molecule has 2 rings (SSSR count). The van der Waals surface area contributed by atoms with Gasteiger partial charge in [-0.2, -0.15) is 0 Å². The minimum atomic E-state index is -0.947. The summed E-state index contributed by atoms with van der Waals surface area (Å²) in [5.74, 6) is -0.947. The van der Waals surface area contributed by atoms with Crippen molar-refractivity contribution in [3.63, 3.8) is 0 Å². The molecule has 0 atom stereocenters. The van der Waals surface area contributed by atoms with Crippen LogP contribution in [0.5, 0.6) is 0 Å². The van der Waals surface area contributed by atoms with Gasteiger partial charge in [-0.25, -0.2) is 4.79 Å². The Morgan fingerprint density at radius 1 is 1.17 bits per heavy atom. The maximum Gasteiger partial charge on any atom is 0.336 e. The second-order valence-electron chi connectivity index (χ2n) is 3.70. The molecule has 18 heavy (non-hydrogen) atoms. The van der Waals surface area contributed by atoms with E-state index < -0.39 is 5.97 Å². The predicted octanol–water partition coefficient (Wildman–Crippen LogP) is 4.43. The van der Waals surface area contributed by atoms with E-state index in [0.29, 0.717) is 10.6 Å². The fourth-order valence-electron chi connectivity index (χ4n) is 1.79. The van der Waals surface area contributed by atoms with Gasteiger partial charge in [0.25, 0.3) is 0 Å². The molecule has 0 aromatic heterocycles. The number of halogens is 1. The van der Waals surface area contributed by atoms with Crippen molar-refractivity contribution in [1.82, 2.24) is 0 Å². The van der Waals surface area contributed by atoms with E-state index in [1.165, 1.54) is 6.07 Å². The van der Waals surface area contributed by atoms with Crippen LogP contribution in [0, 0.1) is 0 Å². The predicted molar refractivity (Wildman–Crippen MR) is 75.6 cm³/mol. The van der Waals surface area contributed by atoms with Crippen LogP contribution in [0.3, 0.4) is 0 Å². The van der Waals surface area contributed by atoms with E-state index in [1.54, 1.807) is 23.9 Å². The van der Waals surface area contributed by atoms with Crippen LogP contribution in [0.2, 0.25) is 5.02 Å². The van der Waals surface area contributed by atoms with Crippen LogP contribution in [0.4, 0.5) is 0 Å². The van der Waals surface area contributed by atoms with E-state index in [2.05, 4.69) is 0 Å². The summed E-state index contributed by atoms with van der Waals surface area (Å²) in [7, 11) is 0. The molecule has 0 bridgehead atoms. The van der Waals surface area contributed by atoms with E-state index in [-0.39, 0.29) is 5.56 Å². The van der Waals surface area contributed by atoms with Gasteiger partial charge in [-0.05, 0) is 41.6 Å². The number of carboxylic acids is 1. The van der Waals surface area contributed by atoms with Crippen molar-refractivity contribution >= 4 is 29.3 Å². The second kappa shape index (κ2) is 5.46. The zero-order valence-corrected chi connectivity index (χ0v) is 11.3. The Morgan fingerprint density at radius 2 is 1.89 bits per heavy atom. The van der Waals surface area contributed by atoms with Crippen LogP contribution in [0.25, 0.3) is 11.1 Å². The lowest BCUT2D eigenvalue weighted by Gasteiger charge is -2.10. The topological polar surface area (TPSA) is 37.3 Å². The van der Waals surface area contributed by atoms with Gasteiger partial charge in [-0.1, -0.05) is 29.8 Å². The highest BCUT2D eigenvalue weighted by molar-refractivity contribution is 7.98. The molecule has 0 aliphatic carbocycles. The molecule has 4 heteroatoms. The molecule has 0 unspecified atom stereocenters. The van der Waals surface area contributed by atoms with Crippen LogP contribution in [0.15, 0.2) is 47.4 Å². The molecule has 2 nitrogen and oxygen atoms in total. The maximum absolute atomic E-state index is 11.3. The lowest BCUT2D eigenvalue weighted by Crippen LogP contribution is -1.99. The Bertz CT molecular complexity index is 596. The van der Waals surface area contributed by atoms with Gasteiger partial charge in [0.05, 0.1) is 5.56 Å².